The zero-order valence-corrected chi connectivity index (χ0v) is 10.7. The first-order valence-corrected chi connectivity index (χ1v) is 6.28. The number of rotatable bonds is 2. The summed E-state index contributed by atoms with van der Waals surface area (Å²) in [5.41, 5.74) is 0. The lowest BCUT2D eigenvalue weighted by atomic mass is 10.2. The van der Waals surface area contributed by atoms with E-state index in [2.05, 4.69) is 35.6 Å². The van der Waals surface area contributed by atoms with Crippen molar-refractivity contribution in [2.75, 3.05) is 32.4 Å². The molecule has 1 rings (SSSR count). The Kier molecular flexibility index (Phi) is 4.51. The van der Waals surface area contributed by atoms with E-state index in [1.165, 1.54) is 5.75 Å². The van der Waals surface area contributed by atoms with Crippen LogP contribution in [0.4, 0.5) is 0 Å². The summed E-state index contributed by atoms with van der Waals surface area (Å²) in [4.78, 5) is 6.61. The van der Waals surface area contributed by atoms with Gasteiger partial charge in [0.1, 0.15) is 0 Å². The number of nitrogens with zero attached hydrogens (tertiary/aromatic N) is 2. The minimum atomic E-state index is 0.323. The molecule has 1 aliphatic rings. The second-order valence-electron chi connectivity index (χ2n) is 4.25. The van der Waals surface area contributed by atoms with E-state index >= 15 is 0 Å². The molecule has 4 heteroatoms. The van der Waals surface area contributed by atoms with Crippen molar-refractivity contribution in [2.45, 2.75) is 18.6 Å². The number of aliphatic imine (C=N–C) groups is 1. The third-order valence-corrected chi connectivity index (χ3v) is 3.64. The monoisotopic (exact) mass is 227 g/mol. The van der Waals surface area contributed by atoms with Crippen LogP contribution in [0.25, 0.3) is 0 Å². The lowest BCUT2D eigenvalue weighted by Crippen LogP contribution is -2.50. The molecule has 0 atom stereocenters. The summed E-state index contributed by atoms with van der Waals surface area (Å²) in [5.74, 6) is 2.16. The smallest absolute Gasteiger partial charge is 0.193 e. The van der Waals surface area contributed by atoms with Crippen molar-refractivity contribution >= 4 is 17.7 Å². The zero-order valence-electron chi connectivity index (χ0n) is 9.92. The minimum Gasteiger partial charge on any atom is -0.353 e. The van der Waals surface area contributed by atoms with Gasteiger partial charge in [-0.05, 0) is 13.8 Å². The Hall–Kier alpha value is -0.640. The molecule has 0 aromatic rings. The van der Waals surface area contributed by atoms with Crippen LogP contribution in [-0.4, -0.2) is 48.0 Å². The molecule has 1 fully saturated rings. The fraction of sp³-hybridized carbons (Fsp3) is 0.727. The van der Waals surface area contributed by atoms with Gasteiger partial charge in [-0.3, -0.25) is 4.99 Å². The van der Waals surface area contributed by atoms with Crippen LogP contribution in [0.1, 0.15) is 13.8 Å². The molecule has 1 heterocycles. The van der Waals surface area contributed by atoms with Crippen LogP contribution in [0, 0.1) is 0 Å². The summed E-state index contributed by atoms with van der Waals surface area (Å²) >= 11 is 2.03. The number of hydrogen-bond acceptors (Lipinski definition) is 2. The average Bonchev–Trinajstić information content (AvgIpc) is 2.17. The molecular weight excluding hydrogens is 206 g/mol. The second-order valence-corrected chi connectivity index (χ2v) is 6.05. The Morgan fingerprint density at radius 1 is 1.67 bits per heavy atom. The van der Waals surface area contributed by atoms with Crippen molar-refractivity contribution in [3.63, 3.8) is 0 Å². The summed E-state index contributed by atoms with van der Waals surface area (Å²) in [6.45, 7) is 11.2. The van der Waals surface area contributed by atoms with Gasteiger partial charge in [-0.1, -0.05) is 6.08 Å². The largest absolute Gasteiger partial charge is 0.353 e. The van der Waals surface area contributed by atoms with Crippen LogP contribution in [0.15, 0.2) is 17.6 Å². The van der Waals surface area contributed by atoms with Crippen molar-refractivity contribution in [3.05, 3.63) is 12.7 Å². The summed E-state index contributed by atoms with van der Waals surface area (Å²) < 4.78 is 0.323. The van der Waals surface area contributed by atoms with Crippen molar-refractivity contribution in [2.24, 2.45) is 4.99 Å². The molecule has 15 heavy (non-hydrogen) atoms. The molecule has 0 amide bonds. The maximum Gasteiger partial charge on any atom is 0.193 e. The van der Waals surface area contributed by atoms with Crippen molar-refractivity contribution in [1.29, 1.82) is 0 Å². The summed E-state index contributed by atoms with van der Waals surface area (Å²) in [7, 11) is 1.83. The van der Waals surface area contributed by atoms with Gasteiger partial charge in [0.25, 0.3) is 0 Å². The standard InChI is InChI=1S/C11H21N3S/c1-5-6-13-10(12-4)14-7-8-15-11(2,3)9-14/h5H,1,6-9H2,2-4H3,(H,12,13). The van der Waals surface area contributed by atoms with E-state index in [0.29, 0.717) is 4.75 Å². The first-order valence-electron chi connectivity index (χ1n) is 5.29. The van der Waals surface area contributed by atoms with Gasteiger partial charge in [0, 0.05) is 37.2 Å². The molecule has 0 spiro atoms. The molecule has 86 valence electrons. The second kappa shape index (κ2) is 5.45. The highest BCUT2D eigenvalue weighted by Crippen LogP contribution is 2.29. The predicted molar refractivity (Wildman–Crippen MR) is 69.7 cm³/mol. The predicted octanol–water partition coefficient (Wildman–Crippen LogP) is 1.58. The first-order chi connectivity index (χ1) is 7.09. The quantitative estimate of drug-likeness (QED) is 0.441. The van der Waals surface area contributed by atoms with E-state index in [-0.39, 0.29) is 0 Å². The number of thioether (sulfide) groups is 1. The number of nitrogens with one attached hydrogen (secondary N) is 1. The molecule has 0 bridgehead atoms. The lowest BCUT2D eigenvalue weighted by Gasteiger charge is -2.39. The summed E-state index contributed by atoms with van der Waals surface area (Å²) in [5, 5.41) is 3.28. The lowest BCUT2D eigenvalue weighted by molar-refractivity contribution is 0.377. The van der Waals surface area contributed by atoms with Crippen molar-refractivity contribution in [1.82, 2.24) is 10.2 Å². The van der Waals surface area contributed by atoms with E-state index in [4.69, 9.17) is 0 Å². The zero-order chi connectivity index (χ0) is 11.3. The van der Waals surface area contributed by atoms with E-state index in [1.54, 1.807) is 0 Å². The van der Waals surface area contributed by atoms with E-state index in [9.17, 15) is 0 Å². The molecule has 0 saturated carbocycles. The Morgan fingerprint density at radius 3 is 2.93 bits per heavy atom. The van der Waals surface area contributed by atoms with Crippen LogP contribution in [0.2, 0.25) is 0 Å². The molecule has 0 aliphatic carbocycles. The fourth-order valence-electron chi connectivity index (χ4n) is 1.69. The Bertz CT molecular complexity index is 248. The highest BCUT2D eigenvalue weighted by molar-refractivity contribution is 8.00. The first kappa shape index (κ1) is 12.4. The molecule has 1 saturated heterocycles. The topological polar surface area (TPSA) is 27.6 Å². The third kappa shape index (κ3) is 3.78. The summed E-state index contributed by atoms with van der Waals surface area (Å²) in [6.07, 6.45) is 1.86. The minimum absolute atomic E-state index is 0.323. The van der Waals surface area contributed by atoms with Crippen LogP contribution in [0.3, 0.4) is 0 Å². The maximum atomic E-state index is 4.29. The van der Waals surface area contributed by atoms with E-state index < -0.39 is 0 Å². The van der Waals surface area contributed by atoms with E-state index in [1.807, 2.05) is 24.9 Å². The van der Waals surface area contributed by atoms with Gasteiger partial charge in [-0.2, -0.15) is 11.8 Å². The Balaban J connectivity index is 2.57. The van der Waals surface area contributed by atoms with Gasteiger partial charge in [0.2, 0.25) is 0 Å². The van der Waals surface area contributed by atoms with Crippen LogP contribution >= 0.6 is 11.8 Å². The number of guanidine groups is 1. The third-order valence-electron chi connectivity index (χ3n) is 2.34. The van der Waals surface area contributed by atoms with E-state index in [0.717, 1.165) is 25.6 Å². The Labute approximate surface area is 97.0 Å². The molecule has 1 N–H and O–H groups in total. The van der Waals surface area contributed by atoms with Gasteiger partial charge in [0.05, 0.1) is 0 Å². The molecular formula is C11H21N3S. The van der Waals surface area contributed by atoms with Crippen LogP contribution in [0.5, 0.6) is 0 Å². The van der Waals surface area contributed by atoms with Gasteiger partial charge in [-0.25, -0.2) is 0 Å². The molecule has 1 aliphatic heterocycles. The highest BCUT2D eigenvalue weighted by Gasteiger charge is 2.28. The van der Waals surface area contributed by atoms with Crippen LogP contribution in [-0.2, 0) is 0 Å². The average molecular weight is 227 g/mol. The van der Waals surface area contributed by atoms with Crippen molar-refractivity contribution in [3.8, 4) is 0 Å². The van der Waals surface area contributed by atoms with Crippen LogP contribution < -0.4 is 5.32 Å². The van der Waals surface area contributed by atoms with Crippen molar-refractivity contribution < 1.29 is 0 Å². The molecule has 0 aromatic carbocycles. The molecule has 0 aromatic heterocycles. The SMILES string of the molecule is C=CCNC(=NC)N1CCSC(C)(C)C1. The summed E-state index contributed by atoms with van der Waals surface area (Å²) in [6, 6.07) is 0. The molecule has 3 nitrogen and oxygen atoms in total. The van der Waals surface area contributed by atoms with Gasteiger partial charge >= 0.3 is 0 Å². The fourth-order valence-corrected chi connectivity index (χ4v) is 2.80. The van der Waals surface area contributed by atoms with Gasteiger partial charge in [0.15, 0.2) is 5.96 Å². The maximum absolute atomic E-state index is 4.29. The molecule has 0 radical (unpaired) electrons. The highest BCUT2D eigenvalue weighted by atomic mass is 32.2. The normalized spacial score (nSPS) is 21.3. The molecule has 0 unspecified atom stereocenters. The Morgan fingerprint density at radius 2 is 2.40 bits per heavy atom. The number of hydrogen-bond donors (Lipinski definition) is 1. The van der Waals surface area contributed by atoms with Gasteiger partial charge in [-0.15, -0.1) is 6.58 Å². The van der Waals surface area contributed by atoms with Gasteiger partial charge < -0.3 is 10.2 Å².